The highest BCUT2D eigenvalue weighted by Crippen LogP contribution is 2.37. The molecule has 5 rings (SSSR count). The Morgan fingerprint density at radius 1 is 1.23 bits per heavy atom. The number of nitriles is 1. The third-order valence-electron chi connectivity index (χ3n) is 8.08. The Morgan fingerprint density at radius 3 is 2.56 bits per heavy atom. The first-order valence-corrected chi connectivity index (χ1v) is 14.0. The summed E-state index contributed by atoms with van der Waals surface area (Å²) in [4.78, 5) is 15.7. The number of methoxy groups -OCH3 is 1. The van der Waals surface area contributed by atoms with Crippen molar-refractivity contribution >= 4 is 23.2 Å². The zero-order valence-corrected chi connectivity index (χ0v) is 24.0. The fourth-order valence-electron chi connectivity index (χ4n) is 5.83. The molecule has 3 N–H and O–H groups in total. The van der Waals surface area contributed by atoms with Gasteiger partial charge in [0.05, 0.1) is 36.6 Å². The molecule has 228 valence electrons. The molecule has 2 heterocycles. The van der Waals surface area contributed by atoms with Crippen LogP contribution in [-0.4, -0.2) is 86.5 Å². The van der Waals surface area contributed by atoms with Gasteiger partial charge in [0.2, 0.25) is 0 Å². The molecule has 2 aliphatic rings. The molecule has 14 heteroatoms. The average Bonchev–Trinajstić information content (AvgIpc) is 3.64. The van der Waals surface area contributed by atoms with Crippen LogP contribution in [0.25, 0.3) is 11.3 Å². The molecule has 2 fully saturated rings. The quantitative estimate of drug-likeness (QED) is 0.363. The third-order valence-corrected chi connectivity index (χ3v) is 8.30. The van der Waals surface area contributed by atoms with E-state index in [0.717, 1.165) is 12.1 Å². The first-order valence-electron chi connectivity index (χ1n) is 13.6. The number of hydrogen-bond acceptors (Lipinski definition) is 9. The van der Waals surface area contributed by atoms with Gasteiger partial charge in [-0.3, -0.25) is 4.79 Å². The van der Waals surface area contributed by atoms with E-state index in [0.29, 0.717) is 19.3 Å². The van der Waals surface area contributed by atoms with E-state index in [1.54, 1.807) is 0 Å². The second-order valence-corrected chi connectivity index (χ2v) is 11.1. The normalized spacial score (nSPS) is 27.2. The summed E-state index contributed by atoms with van der Waals surface area (Å²) in [6.45, 7) is 0.632. The number of rotatable bonds is 7. The first kappa shape index (κ1) is 30.9. The van der Waals surface area contributed by atoms with Gasteiger partial charge in [0.1, 0.15) is 41.7 Å². The lowest BCUT2D eigenvalue weighted by Crippen LogP contribution is -2.62. The molecule has 11 nitrogen and oxygen atoms in total. The Labute approximate surface area is 250 Å². The van der Waals surface area contributed by atoms with E-state index in [9.17, 15) is 34.2 Å². The minimum atomic E-state index is -1.44. The number of hydrogen-bond donors (Lipinski definition) is 3. The summed E-state index contributed by atoms with van der Waals surface area (Å²) < 4.78 is 41.4. The maximum atomic E-state index is 14.4. The fourth-order valence-corrected chi connectivity index (χ4v) is 6.06. The van der Waals surface area contributed by atoms with Gasteiger partial charge < -0.3 is 29.7 Å². The Hall–Kier alpha value is -3.51. The highest BCUT2D eigenvalue weighted by Gasteiger charge is 2.52. The average molecular weight is 618 g/mol. The second kappa shape index (κ2) is 12.6. The molecule has 1 saturated carbocycles. The SMILES string of the molecule is CO[C@@H]1[C@@H](n2cc(-c3cc(F)c(C)c(F)c3)nn2)[C@@H](O)[C@@H](CO)O[C@H]1C(=O)N(c1cc(Cl)cc(C#N)c1)[C@@H]1CCC[C@H]1O. The van der Waals surface area contributed by atoms with Crippen LogP contribution in [0.3, 0.4) is 0 Å². The molecule has 1 aromatic heterocycles. The van der Waals surface area contributed by atoms with E-state index >= 15 is 0 Å². The summed E-state index contributed by atoms with van der Waals surface area (Å²) in [5.74, 6) is -2.21. The Kier molecular flexibility index (Phi) is 9.07. The van der Waals surface area contributed by atoms with Crippen molar-refractivity contribution in [3.63, 3.8) is 0 Å². The number of ether oxygens (including phenoxy) is 2. The fraction of sp³-hybridized carbons (Fsp3) is 0.448. The van der Waals surface area contributed by atoms with Gasteiger partial charge in [0.15, 0.2) is 6.10 Å². The monoisotopic (exact) mass is 617 g/mol. The van der Waals surface area contributed by atoms with Gasteiger partial charge in [0.25, 0.3) is 5.91 Å². The Bertz CT molecular complexity index is 1530. The van der Waals surface area contributed by atoms with Crippen LogP contribution in [0.5, 0.6) is 0 Å². The minimum Gasteiger partial charge on any atom is -0.394 e. The minimum absolute atomic E-state index is 0.0911. The number of benzene rings is 2. The molecule has 43 heavy (non-hydrogen) atoms. The van der Waals surface area contributed by atoms with Crippen LogP contribution in [0.1, 0.15) is 36.4 Å². The van der Waals surface area contributed by atoms with Gasteiger partial charge in [-0.2, -0.15) is 5.26 Å². The zero-order chi connectivity index (χ0) is 31.0. The predicted octanol–water partition coefficient (Wildman–Crippen LogP) is 2.68. The molecule has 0 spiro atoms. The van der Waals surface area contributed by atoms with Gasteiger partial charge in [0, 0.05) is 28.9 Å². The summed E-state index contributed by atoms with van der Waals surface area (Å²) in [7, 11) is 1.30. The van der Waals surface area contributed by atoms with Crippen molar-refractivity contribution in [3.05, 3.63) is 64.3 Å². The van der Waals surface area contributed by atoms with Crippen molar-refractivity contribution in [2.24, 2.45) is 0 Å². The lowest BCUT2D eigenvalue weighted by atomic mass is 9.91. The van der Waals surface area contributed by atoms with E-state index in [1.165, 1.54) is 48.0 Å². The topological polar surface area (TPSA) is 154 Å². The van der Waals surface area contributed by atoms with Gasteiger partial charge >= 0.3 is 0 Å². The van der Waals surface area contributed by atoms with Crippen LogP contribution < -0.4 is 4.90 Å². The van der Waals surface area contributed by atoms with Crippen LogP contribution >= 0.6 is 11.6 Å². The number of carbonyl (C=O) groups excluding carboxylic acids is 1. The summed E-state index contributed by atoms with van der Waals surface area (Å²) in [6, 6.07) is 6.80. The zero-order valence-electron chi connectivity index (χ0n) is 23.3. The van der Waals surface area contributed by atoms with Gasteiger partial charge in [-0.15, -0.1) is 5.10 Å². The maximum Gasteiger partial charge on any atom is 0.259 e. The van der Waals surface area contributed by atoms with Crippen molar-refractivity contribution in [1.82, 2.24) is 15.0 Å². The summed E-state index contributed by atoms with van der Waals surface area (Å²) in [6.07, 6.45) is -3.33. The van der Waals surface area contributed by atoms with Crippen LogP contribution in [0.2, 0.25) is 5.02 Å². The maximum absolute atomic E-state index is 14.4. The van der Waals surface area contributed by atoms with E-state index in [2.05, 4.69) is 10.3 Å². The number of aliphatic hydroxyl groups excluding tert-OH is 3. The molecule has 7 atom stereocenters. The van der Waals surface area contributed by atoms with Gasteiger partial charge in [-0.05, 0) is 56.5 Å². The molecule has 1 saturated heterocycles. The van der Waals surface area contributed by atoms with Crippen molar-refractivity contribution < 1.29 is 38.4 Å². The van der Waals surface area contributed by atoms with E-state index in [-0.39, 0.29) is 33.1 Å². The molecule has 0 bridgehead atoms. The molecule has 1 aliphatic carbocycles. The standard InChI is InChI=1S/C29H30ClF2N5O6/c1-14-19(31)8-16(9-20(14)32)21-12-36(35-34-21)25-26(40)24(13-38)43-28(27(25)42-2)29(41)37(22-4-3-5-23(22)39)18-7-15(11-33)6-17(30)10-18/h6-10,12,22-28,38-40H,3-5,13H2,1-2H3/t22-,23-,24-,25+,26+,27-,28-/m1/s1. The molecular formula is C29H30ClF2N5O6. The third kappa shape index (κ3) is 5.86. The second-order valence-electron chi connectivity index (χ2n) is 10.7. The lowest BCUT2D eigenvalue weighted by Gasteiger charge is -2.45. The number of amides is 1. The lowest BCUT2D eigenvalue weighted by molar-refractivity contribution is -0.211. The number of nitrogens with zero attached hydrogens (tertiary/aromatic N) is 5. The van der Waals surface area contributed by atoms with Crippen LogP contribution in [0.15, 0.2) is 36.5 Å². The molecule has 1 aliphatic heterocycles. The van der Waals surface area contributed by atoms with Crippen molar-refractivity contribution in [1.29, 1.82) is 5.26 Å². The summed E-state index contributed by atoms with van der Waals surface area (Å²) in [5.41, 5.74) is 0.494. The molecule has 3 aromatic rings. The highest BCUT2D eigenvalue weighted by atomic mass is 35.5. The van der Waals surface area contributed by atoms with Gasteiger partial charge in [-0.25, -0.2) is 13.5 Å². The molecular weight excluding hydrogens is 588 g/mol. The molecule has 0 unspecified atom stereocenters. The predicted molar refractivity (Wildman–Crippen MR) is 149 cm³/mol. The molecule has 2 aromatic carbocycles. The largest absolute Gasteiger partial charge is 0.394 e. The van der Waals surface area contributed by atoms with Gasteiger partial charge in [-0.1, -0.05) is 16.8 Å². The van der Waals surface area contributed by atoms with Crippen molar-refractivity contribution in [2.45, 2.75) is 68.8 Å². The van der Waals surface area contributed by atoms with Crippen molar-refractivity contribution in [2.75, 3.05) is 18.6 Å². The number of halogens is 3. The van der Waals surface area contributed by atoms with Crippen LogP contribution in [0.4, 0.5) is 14.5 Å². The Balaban J connectivity index is 1.55. The number of aliphatic hydroxyl groups is 3. The molecule has 0 radical (unpaired) electrons. The van der Waals surface area contributed by atoms with Crippen molar-refractivity contribution in [3.8, 4) is 17.3 Å². The summed E-state index contributed by atoms with van der Waals surface area (Å²) in [5, 5.41) is 49.9. The summed E-state index contributed by atoms with van der Waals surface area (Å²) >= 11 is 6.27. The van der Waals surface area contributed by atoms with E-state index in [4.69, 9.17) is 21.1 Å². The number of carbonyl (C=O) groups is 1. The van der Waals surface area contributed by atoms with Crippen LogP contribution in [-0.2, 0) is 14.3 Å². The smallest absolute Gasteiger partial charge is 0.259 e. The Morgan fingerprint density at radius 2 is 1.95 bits per heavy atom. The highest BCUT2D eigenvalue weighted by molar-refractivity contribution is 6.31. The molecule has 1 amide bonds. The first-order chi connectivity index (χ1) is 20.6. The van der Waals surface area contributed by atoms with E-state index in [1.807, 2.05) is 6.07 Å². The van der Waals surface area contributed by atoms with Crippen LogP contribution in [0, 0.1) is 29.9 Å². The number of aromatic nitrogens is 3. The number of anilines is 1. The van der Waals surface area contributed by atoms with E-state index < -0.39 is 66.8 Å².